The van der Waals surface area contributed by atoms with Gasteiger partial charge in [0.15, 0.2) is 0 Å². The quantitative estimate of drug-likeness (QED) is 0.888. The number of nitrogen functional groups attached to an aromatic ring is 1. The molecule has 3 nitrogen and oxygen atoms in total. The van der Waals surface area contributed by atoms with Crippen molar-refractivity contribution in [3.8, 4) is 11.3 Å². The van der Waals surface area contributed by atoms with Gasteiger partial charge in [0.25, 0.3) is 0 Å². The van der Waals surface area contributed by atoms with Gasteiger partial charge in [0.05, 0.1) is 11.3 Å². The van der Waals surface area contributed by atoms with Crippen LogP contribution in [0.2, 0.25) is 5.02 Å². The first kappa shape index (κ1) is 11.0. The average molecular weight is 236 g/mol. The minimum Gasteiger partial charge on any atom is -0.383 e. The summed E-state index contributed by atoms with van der Waals surface area (Å²) >= 11 is 6.11. The Labute approximate surface area is 99.9 Å². The molecule has 1 aromatic heterocycles. The number of aromatic nitrogens is 2. The Morgan fingerprint density at radius 2 is 2.12 bits per heavy atom. The van der Waals surface area contributed by atoms with E-state index in [0.717, 1.165) is 24.2 Å². The standard InChI is InChI=1S/C12H14ClN3/c1-2-7-16-8-15-11(12(16)14)9-5-3-4-6-10(9)13/h3-6,8H,2,7,14H2,1H3. The second-order valence-electron chi connectivity index (χ2n) is 3.65. The van der Waals surface area contributed by atoms with Gasteiger partial charge in [0.1, 0.15) is 11.5 Å². The number of nitrogens with zero attached hydrogens (tertiary/aromatic N) is 2. The molecule has 0 saturated carbocycles. The average Bonchev–Trinajstić information content (AvgIpc) is 2.62. The second-order valence-corrected chi connectivity index (χ2v) is 4.06. The highest BCUT2D eigenvalue weighted by atomic mass is 35.5. The van der Waals surface area contributed by atoms with Crippen molar-refractivity contribution in [1.29, 1.82) is 0 Å². The van der Waals surface area contributed by atoms with Crippen LogP contribution in [-0.4, -0.2) is 9.55 Å². The SMILES string of the molecule is CCCn1cnc(-c2ccccc2Cl)c1N. The summed E-state index contributed by atoms with van der Waals surface area (Å²) < 4.78 is 1.94. The Morgan fingerprint density at radius 1 is 1.38 bits per heavy atom. The lowest BCUT2D eigenvalue weighted by Gasteiger charge is -2.04. The first-order chi connectivity index (χ1) is 7.74. The predicted molar refractivity (Wildman–Crippen MR) is 67.4 cm³/mol. The fourth-order valence-electron chi connectivity index (χ4n) is 1.67. The van der Waals surface area contributed by atoms with Crippen molar-refractivity contribution in [2.75, 3.05) is 5.73 Å². The minimum atomic E-state index is 0.676. The van der Waals surface area contributed by atoms with E-state index in [1.54, 1.807) is 6.33 Å². The van der Waals surface area contributed by atoms with Crippen molar-refractivity contribution in [2.45, 2.75) is 19.9 Å². The Kier molecular flexibility index (Phi) is 3.15. The number of rotatable bonds is 3. The molecule has 0 radical (unpaired) electrons. The van der Waals surface area contributed by atoms with Crippen LogP contribution in [0.15, 0.2) is 30.6 Å². The molecule has 84 valence electrons. The van der Waals surface area contributed by atoms with Crippen molar-refractivity contribution in [1.82, 2.24) is 9.55 Å². The zero-order valence-corrected chi connectivity index (χ0v) is 9.91. The highest BCUT2D eigenvalue weighted by Gasteiger charge is 2.11. The maximum atomic E-state index is 6.11. The fraction of sp³-hybridized carbons (Fsp3) is 0.250. The monoisotopic (exact) mass is 235 g/mol. The van der Waals surface area contributed by atoms with Crippen molar-refractivity contribution >= 4 is 17.4 Å². The smallest absolute Gasteiger partial charge is 0.131 e. The summed E-state index contributed by atoms with van der Waals surface area (Å²) in [6.07, 6.45) is 2.79. The molecule has 1 heterocycles. The molecule has 0 atom stereocenters. The van der Waals surface area contributed by atoms with Crippen molar-refractivity contribution < 1.29 is 0 Å². The number of benzene rings is 1. The lowest BCUT2D eigenvalue weighted by Crippen LogP contribution is -2.01. The van der Waals surface area contributed by atoms with Gasteiger partial charge in [0.2, 0.25) is 0 Å². The molecule has 0 unspecified atom stereocenters. The first-order valence-corrected chi connectivity index (χ1v) is 5.67. The lowest BCUT2D eigenvalue weighted by atomic mass is 10.1. The Bertz CT molecular complexity index is 491. The fourth-order valence-corrected chi connectivity index (χ4v) is 1.90. The van der Waals surface area contributed by atoms with Gasteiger partial charge in [0, 0.05) is 12.1 Å². The van der Waals surface area contributed by atoms with Crippen LogP contribution < -0.4 is 5.73 Å². The Balaban J connectivity index is 2.45. The molecule has 0 fully saturated rings. The van der Waals surface area contributed by atoms with Crippen LogP contribution in [0.1, 0.15) is 13.3 Å². The molecule has 1 aromatic carbocycles. The topological polar surface area (TPSA) is 43.8 Å². The van der Waals surface area contributed by atoms with Gasteiger partial charge in [-0.05, 0) is 12.5 Å². The molecule has 2 N–H and O–H groups in total. The number of imidazole rings is 1. The number of nitrogens with two attached hydrogens (primary N) is 1. The van der Waals surface area contributed by atoms with E-state index in [1.807, 2.05) is 28.8 Å². The van der Waals surface area contributed by atoms with E-state index in [0.29, 0.717) is 10.8 Å². The summed E-state index contributed by atoms with van der Waals surface area (Å²) in [4.78, 5) is 4.32. The summed E-state index contributed by atoms with van der Waals surface area (Å²) in [5.41, 5.74) is 7.68. The van der Waals surface area contributed by atoms with E-state index in [9.17, 15) is 0 Å². The van der Waals surface area contributed by atoms with E-state index >= 15 is 0 Å². The highest BCUT2D eigenvalue weighted by Crippen LogP contribution is 2.30. The van der Waals surface area contributed by atoms with Crippen LogP contribution in [0.5, 0.6) is 0 Å². The van der Waals surface area contributed by atoms with E-state index in [2.05, 4.69) is 11.9 Å². The summed E-state index contributed by atoms with van der Waals surface area (Å²) in [6.45, 7) is 2.98. The second kappa shape index (κ2) is 4.58. The zero-order chi connectivity index (χ0) is 11.5. The molecule has 16 heavy (non-hydrogen) atoms. The maximum absolute atomic E-state index is 6.11. The minimum absolute atomic E-state index is 0.676. The van der Waals surface area contributed by atoms with Crippen molar-refractivity contribution in [3.63, 3.8) is 0 Å². The van der Waals surface area contributed by atoms with Crippen LogP contribution in [0, 0.1) is 0 Å². The highest BCUT2D eigenvalue weighted by molar-refractivity contribution is 6.33. The third kappa shape index (κ3) is 1.91. The molecule has 2 rings (SSSR count). The van der Waals surface area contributed by atoms with Crippen LogP contribution in [0.25, 0.3) is 11.3 Å². The molecular formula is C12H14ClN3. The zero-order valence-electron chi connectivity index (χ0n) is 9.15. The largest absolute Gasteiger partial charge is 0.383 e. The number of aryl methyl sites for hydroxylation is 1. The molecular weight excluding hydrogens is 222 g/mol. The number of anilines is 1. The Morgan fingerprint density at radius 3 is 2.81 bits per heavy atom. The van der Waals surface area contributed by atoms with Crippen LogP contribution in [0.4, 0.5) is 5.82 Å². The molecule has 0 saturated heterocycles. The number of hydrogen-bond acceptors (Lipinski definition) is 2. The molecule has 0 aliphatic carbocycles. The van der Waals surface area contributed by atoms with Gasteiger partial charge < -0.3 is 10.3 Å². The molecule has 2 aromatic rings. The van der Waals surface area contributed by atoms with Gasteiger partial charge in [-0.2, -0.15) is 0 Å². The molecule has 0 aliphatic heterocycles. The molecule has 0 spiro atoms. The predicted octanol–water partition coefficient (Wildman–Crippen LogP) is 3.20. The molecule has 0 bridgehead atoms. The van der Waals surface area contributed by atoms with Crippen molar-refractivity contribution in [3.05, 3.63) is 35.6 Å². The third-order valence-electron chi connectivity index (χ3n) is 2.47. The number of halogens is 1. The summed E-state index contributed by atoms with van der Waals surface area (Å²) in [5.74, 6) is 0.676. The third-order valence-corrected chi connectivity index (χ3v) is 2.80. The lowest BCUT2D eigenvalue weighted by molar-refractivity contribution is 0.686. The van der Waals surface area contributed by atoms with Gasteiger partial charge in [-0.1, -0.05) is 36.7 Å². The Hall–Kier alpha value is -1.48. The van der Waals surface area contributed by atoms with E-state index < -0.39 is 0 Å². The van der Waals surface area contributed by atoms with E-state index in [1.165, 1.54) is 0 Å². The summed E-state index contributed by atoms with van der Waals surface area (Å²) in [6, 6.07) is 7.59. The van der Waals surface area contributed by atoms with E-state index in [4.69, 9.17) is 17.3 Å². The molecule has 4 heteroatoms. The van der Waals surface area contributed by atoms with Crippen LogP contribution >= 0.6 is 11.6 Å². The van der Waals surface area contributed by atoms with Gasteiger partial charge in [-0.15, -0.1) is 0 Å². The summed E-state index contributed by atoms with van der Waals surface area (Å²) in [7, 11) is 0. The van der Waals surface area contributed by atoms with E-state index in [-0.39, 0.29) is 0 Å². The van der Waals surface area contributed by atoms with Crippen LogP contribution in [-0.2, 0) is 6.54 Å². The van der Waals surface area contributed by atoms with Crippen LogP contribution in [0.3, 0.4) is 0 Å². The van der Waals surface area contributed by atoms with Crippen molar-refractivity contribution in [2.24, 2.45) is 0 Å². The van der Waals surface area contributed by atoms with Gasteiger partial charge in [-0.25, -0.2) is 4.98 Å². The van der Waals surface area contributed by atoms with Gasteiger partial charge in [-0.3, -0.25) is 0 Å². The normalized spacial score (nSPS) is 10.6. The number of hydrogen-bond donors (Lipinski definition) is 1. The molecule has 0 amide bonds. The van der Waals surface area contributed by atoms with Gasteiger partial charge >= 0.3 is 0 Å². The summed E-state index contributed by atoms with van der Waals surface area (Å²) in [5, 5.41) is 0.677. The first-order valence-electron chi connectivity index (χ1n) is 5.29. The maximum Gasteiger partial charge on any atom is 0.131 e. The molecule has 0 aliphatic rings.